The topological polar surface area (TPSA) is 114 Å². The van der Waals surface area contributed by atoms with Gasteiger partial charge in [0.15, 0.2) is 14.6 Å². The lowest BCUT2D eigenvalue weighted by Gasteiger charge is -2.36. The number of hydrogen-bond acceptors (Lipinski definition) is 7. The van der Waals surface area contributed by atoms with E-state index in [1.54, 1.807) is 36.9 Å². The maximum absolute atomic E-state index is 13.7. The number of nitrogens with one attached hydrogen (secondary N) is 2. The molecule has 8 nitrogen and oxygen atoms in total. The van der Waals surface area contributed by atoms with Gasteiger partial charge in [-0.15, -0.1) is 0 Å². The van der Waals surface area contributed by atoms with Crippen molar-refractivity contribution >= 4 is 15.7 Å². The van der Waals surface area contributed by atoms with Crippen LogP contribution in [-0.4, -0.2) is 44.5 Å². The molecule has 1 unspecified atom stereocenters. The van der Waals surface area contributed by atoms with Gasteiger partial charge in [0.05, 0.1) is 7.11 Å². The highest BCUT2D eigenvalue weighted by atomic mass is 32.2. The standard InChI is InChI=1S/C24H32N2O6S/c1-4-19(32-21-7-5-6-20(16-21)31-3)9-8-18(2)33(29,30)24(22(27)26-28)11-10-23(17-24)12-14-25-15-13-23/h4-9,16,25,28H,1,10-15,17H2,2-3H3,(H,26,27)/b18-8+,19-9+. The van der Waals surface area contributed by atoms with Crippen molar-refractivity contribution in [3.05, 3.63) is 59.7 Å². The molecule has 1 spiro atoms. The number of rotatable bonds is 8. The molecule has 0 aromatic heterocycles. The highest BCUT2D eigenvalue weighted by Gasteiger charge is 2.60. The average Bonchev–Trinajstić information content (AvgIpc) is 3.21. The molecule has 1 aliphatic heterocycles. The second kappa shape index (κ2) is 10.1. The van der Waals surface area contributed by atoms with Crippen LogP contribution in [0.3, 0.4) is 0 Å². The second-order valence-corrected chi connectivity index (χ2v) is 11.1. The van der Waals surface area contributed by atoms with E-state index >= 15 is 0 Å². The molecule has 1 saturated carbocycles. The fraction of sp³-hybridized carbons (Fsp3) is 0.458. The van der Waals surface area contributed by atoms with Crippen molar-refractivity contribution in [2.45, 2.75) is 43.8 Å². The molecular weight excluding hydrogens is 444 g/mol. The fourth-order valence-corrected chi connectivity index (χ4v) is 6.84. The summed E-state index contributed by atoms with van der Waals surface area (Å²) in [7, 11) is -2.51. The molecule has 1 atom stereocenters. The minimum Gasteiger partial charge on any atom is -0.497 e. The van der Waals surface area contributed by atoms with Crippen LogP contribution in [0.25, 0.3) is 0 Å². The predicted molar refractivity (Wildman–Crippen MR) is 126 cm³/mol. The molecule has 1 aromatic carbocycles. The normalized spacial score (nSPS) is 23.2. The Bertz CT molecular complexity index is 1060. The van der Waals surface area contributed by atoms with Gasteiger partial charge in [-0.25, -0.2) is 13.9 Å². The molecule has 1 aliphatic carbocycles. The molecule has 2 aliphatic rings. The van der Waals surface area contributed by atoms with Crippen molar-refractivity contribution in [1.82, 2.24) is 10.8 Å². The first-order chi connectivity index (χ1) is 15.7. The molecule has 33 heavy (non-hydrogen) atoms. The number of sulfone groups is 1. The summed E-state index contributed by atoms with van der Waals surface area (Å²) in [4.78, 5) is 12.8. The Kier molecular flexibility index (Phi) is 7.66. The van der Waals surface area contributed by atoms with Crippen LogP contribution >= 0.6 is 0 Å². The van der Waals surface area contributed by atoms with Crippen LogP contribution in [0, 0.1) is 5.41 Å². The van der Waals surface area contributed by atoms with Gasteiger partial charge in [0.2, 0.25) is 0 Å². The molecule has 180 valence electrons. The fourth-order valence-electron chi connectivity index (χ4n) is 4.82. The number of ether oxygens (including phenoxy) is 2. The minimum atomic E-state index is -4.06. The Morgan fingerprint density at radius 1 is 1.18 bits per heavy atom. The van der Waals surface area contributed by atoms with E-state index in [-0.39, 0.29) is 23.2 Å². The quantitative estimate of drug-likeness (QED) is 0.228. The number of piperidine rings is 1. The van der Waals surface area contributed by atoms with Gasteiger partial charge in [0.25, 0.3) is 5.91 Å². The van der Waals surface area contributed by atoms with E-state index in [0.717, 1.165) is 25.9 Å². The lowest BCUT2D eigenvalue weighted by molar-refractivity contribution is -0.132. The van der Waals surface area contributed by atoms with E-state index in [4.69, 9.17) is 9.47 Å². The molecule has 0 bridgehead atoms. The Labute approximate surface area is 195 Å². The zero-order valence-corrected chi connectivity index (χ0v) is 19.9. The largest absolute Gasteiger partial charge is 0.497 e. The van der Waals surface area contributed by atoms with Crippen LogP contribution in [-0.2, 0) is 14.6 Å². The summed E-state index contributed by atoms with van der Waals surface area (Å²) in [6.07, 6.45) is 6.98. The number of methoxy groups -OCH3 is 1. The van der Waals surface area contributed by atoms with Crippen LogP contribution in [0.1, 0.15) is 39.0 Å². The minimum absolute atomic E-state index is 0.0191. The molecule has 3 rings (SSSR count). The average molecular weight is 477 g/mol. The molecule has 1 aromatic rings. The summed E-state index contributed by atoms with van der Waals surface area (Å²) in [5.74, 6) is 0.593. The van der Waals surface area contributed by atoms with Crippen LogP contribution in [0.5, 0.6) is 11.5 Å². The maximum Gasteiger partial charge on any atom is 0.265 e. The van der Waals surface area contributed by atoms with Crippen LogP contribution in [0.4, 0.5) is 0 Å². The Balaban J connectivity index is 1.89. The Morgan fingerprint density at radius 3 is 2.52 bits per heavy atom. The number of carbonyl (C=O) groups is 1. The second-order valence-electron chi connectivity index (χ2n) is 8.70. The van der Waals surface area contributed by atoms with Crippen molar-refractivity contribution in [3.63, 3.8) is 0 Å². The van der Waals surface area contributed by atoms with E-state index in [9.17, 15) is 18.4 Å². The van der Waals surface area contributed by atoms with Crippen molar-refractivity contribution < 1.29 is 27.9 Å². The number of allylic oxidation sites excluding steroid dienone is 4. The highest BCUT2D eigenvalue weighted by Crippen LogP contribution is 2.54. The first-order valence-electron chi connectivity index (χ1n) is 10.9. The summed E-state index contributed by atoms with van der Waals surface area (Å²) in [6, 6.07) is 6.99. The smallest absolute Gasteiger partial charge is 0.265 e. The maximum atomic E-state index is 13.7. The van der Waals surface area contributed by atoms with Gasteiger partial charge in [-0.05, 0) is 87.9 Å². The van der Waals surface area contributed by atoms with Gasteiger partial charge in [0.1, 0.15) is 17.3 Å². The lowest BCUT2D eigenvalue weighted by Crippen LogP contribution is -2.51. The summed E-state index contributed by atoms with van der Waals surface area (Å²) in [5, 5.41) is 12.7. The van der Waals surface area contributed by atoms with E-state index in [0.29, 0.717) is 23.7 Å². The third-order valence-electron chi connectivity index (χ3n) is 6.80. The molecule has 1 saturated heterocycles. The molecule has 0 radical (unpaired) electrons. The molecular formula is C24H32N2O6S. The van der Waals surface area contributed by atoms with E-state index in [1.807, 2.05) is 0 Å². The summed E-state index contributed by atoms with van der Waals surface area (Å²) in [6.45, 7) is 6.76. The zero-order valence-electron chi connectivity index (χ0n) is 19.1. The number of benzene rings is 1. The van der Waals surface area contributed by atoms with E-state index in [2.05, 4.69) is 11.9 Å². The number of amides is 1. The molecule has 1 heterocycles. The van der Waals surface area contributed by atoms with Gasteiger partial charge >= 0.3 is 0 Å². The Morgan fingerprint density at radius 2 is 1.88 bits per heavy atom. The summed E-state index contributed by atoms with van der Waals surface area (Å²) in [5.41, 5.74) is 1.40. The third-order valence-corrected chi connectivity index (χ3v) is 9.34. The van der Waals surface area contributed by atoms with E-state index < -0.39 is 20.5 Å². The molecule has 3 N–H and O–H groups in total. The molecule has 1 amide bonds. The number of hydrogen-bond donors (Lipinski definition) is 3. The molecule has 2 fully saturated rings. The van der Waals surface area contributed by atoms with Crippen molar-refractivity contribution in [3.8, 4) is 11.5 Å². The number of carbonyl (C=O) groups excluding carboxylic acids is 1. The predicted octanol–water partition coefficient (Wildman–Crippen LogP) is 3.26. The lowest BCUT2D eigenvalue weighted by atomic mass is 9.77. The summed E-state index contributed by atoms with van der Waals surface area (Å²) >= 11 is 0. The van der Waals surface area contributed by atoms with Gasteiger partial charge in [-0.2, -0.15) is 0 Å². The number of hydroxylamine groups is 1. The highest BCUT2D eigenvalue weighted by molar-refractivity contribution is 7.97. The van der Waals surface area contributed by atoms with Gasteiger partial charge < -0.3 is 14.8 Å². The summed E-state index contributed by atoms with van der Waals surface area (Å²) < 4.78 is 36.6. The SMILES string of the molecule is C=C/C(=C\C=C(/C)S(=O)(=O)C1(C(=O)NO)CCC2(CCNCC2)C1)Oc1cccc(OC)c1. The van der Waals surface area contributed by atoms with Crippen LogP contribution in [0.2, 0.25) is 0 Å². The van der Waals surface area contributed by atoms with Gasteiger partial charge in [-0.1, -0.05) is 12.6 Å². The first kappa shape index (κ1) is 25.0. The van der Waals surface area contributed by atoms with Crippen molar-refractivity contribution in [1.29, 1.82) is 0 Å². The van der Waals surface area contributed by atoms with Crippen molar-refractivity contribution in [2.75, 3.05) is 20.2 Å². The first-order valence-corrected chi connectivity index (χ1v) is 12.4. The van der Waals surface area contributed by atoms with Gasteiger partial charge in [-0.3, -0.25) is 10.0 Å². The van der Waals surface area contributed by atoms with Crippen molar-refractivity contribution in [2.24, 2.45) is 5.41 Å². The Hall–Kier alpha value is -2.62. The third kappa shape index (κ3) is 5.00. The monoisotopic (exact) mass is 476 g/mol. The molecule has 9 heteroatoms. The van der Waals surface area contributed by atoms with Crippen LogP contribution < -0.4 is 20.3 Å². The van der Waals surface area contributed by atoms with Crippen LogP contribution in [0.15, 0.2) is 59.7 Å². The van der Waals surface area contributed by atoms with E-state index in [1.165, 1.54) is 25.2 Å². The van der Waals surface area contributed by atoms with Gasteiger partial charge in [0, 0.05) is 11.0 Å². The zero-order chi connectivity index (χ0) is 24.1.